The van der Waals surface area contributed by atoms with Gasteiger partial charge in [-0.1, -0.05) is 23.7 Å². The van der Waals surface area contributed by atoms with Crippen LogP contribution in [0.25, 0.3) is 0 Å². The van der Waals surface area contributed by atoms with Crippen LogP contribution >= 0.6 is 22.9 Å². The third-order valence-electron chi connectivity index (χ3n) is 3.68. The van der Waals surface area contributed by atoms with E-state index in [-0.39, 0.29) is 13.2 Å². The Morgan fingerprint density at radius 1 is 1.33 bits per heavy atom. The number of ether oxygens (including phenoxy) is 1. The monoisotopic (exact) mass is 416 g/mol. The minimum Gasteiger partial charge on any atom is -0.383 e. The molecule has 0 saturated heterocycles. The molecule has 1 heterocycles. The zero-order chi connectivity index (χ0) is 20.0. The minimum atomic E-state index is -2.65. The normalized spacial score (nSPS) is 10.9. The summed E-state index contributed by atoms with van der Waals surface area (Å²) in [7, 11) is 1.43. The molecular weight excluding hydrogens is 398 g/mol. The molecule has 27 heavy (non-hydrogen) atoms. The fourth-order valence-corrected chi connectivity index (χ4v) is 3.63. The SMILES string of the molecule is COCCN(CC(F)F)C(=O)c1sc(NC(=O)c2ccccc2Cl)cc1C. The first-order valence-corrected chi connectivity index (χ1v) is 9.25. The first-order chi connectivity index (χ1) is 12.8. The van der Waals surface area contributed by atoms with Crippen LogP contribution < -0.4 is 5.32 Å². The minimum absolute atomic E-state index is 0.0539. The van der Waals surface area contributed by atoms with Crippen molar-refractivity contribution >= 4 is 39.8 Å². The highest BCUT2D eigenvalue weighted by atomic mass is 35.5. The average Bonchev–Trinajstić information content (AvgIpc) is 2.98. The van der Waals surface area contributed by atoms with Crippen LogP contribution in [0.2, 0.25) is 5.02 Å². The Morgan fingerprint density at radius 3 is 2.67 bits per heavy atom. The average molecular weight is 417 g/mol. The van der Waals surface area contributed by atoms with Crippen LogP contribution in [0.5, 0.6) is 0 Å². The Balaban J connectivity index is 2.17. The Morgan fingerprint density at radius 2 is 2.04 bits per heavy atom. The third-order valence-corrected chi connectivity index (χ3v) is 5.15. The van der Waals surface area contributed by atoms with E-state index in [0.29, 0.717) is 26.0 Å². The van der Waals surface area contributed by atoms with Crippen molar-refractivity contribution in [1.82, 2.24) is 4.90 Å². The standard InChI is InChI=1S/C18H19ClF2N2O3S/c1-11-9-15(22-17(24)12-5-3-4-6-13(12)19)27-16(11)18(25)23(7-8-26-2)10-14(20)21/h3-6,9,14H,7-8,10H2,1-2H3,(H,22,24). The van der Waals surface area contributed by atoms with Gasteiger partial charge < -0.3 is 15.0 Å². The van der Waals surface area contributed by atoms with Crippen LogP contribution in [0.1, 0.15) is 25.6 Å². The largest absolute Gasteiger partial charge is 0.383 e. The number of benzene rings is 1. The molecule has 2 aromatic rings. The van der Waals surface area contributed by atoms with Crippen LogP contribution in [0.3, 0.4) is 0 Å². The number of methoxy groups -OCH3 is 1. The predicted octanol–water partition coefficient (Wildman–Crippen LogP) is 4.32. The molecule has 2 amide bonds. The summed E-state index contributed by atoms with van der Waals surface area (Å²) in [6.45, 7) is 1.21. The molecule has 0 aliphatic rings. The molecule has 0 bridgehead atoms. The van der Waals surface area contributed by atoms with Gasteiger partial charge in [0.15, 0.2) is 0 Å². The number of alkyl halides is 2. The van der Waals surface area contributed by atoms with Crippen molar-refractivity contribution in [3.05, 3.63) is 51.4 Å². The van der Waals surface area contributed by atoms with Gasteiger partial charge >= 0.3 is 0 Å². The number of hydrogen-bond donors (Lipinski definition) is 1. The fourth-order valence-electron chi connectivity index (χ4n) is 2.37. The molecule has 2 rings (SSSR count). The molecule has 0 saturated carbocycles. The number of halogens is 3. The van der Waals surface area contributed by atoms with Crippen LogP contribution in [0, 0.1) is 6.92 Å². The summed E-state index contributed by atoms with van der Waals surface area (Å²) in [6.07, 6.45) is -2.65. The van der Waals surface area contributed by atoms with Gasteiger partial charge in [0.05, 0.1) is 33.6 Å². The Hall–Kier alpha value is -2.03. The van der Waals surface area contributed by atoms with Gasteiger partial charge in [-0.05, 0) is 30.7 Å². The quantitative estimate of drug-likeness (QED) is 0.697. The molecule has 0 atom stereocenters. The van der Waals surface area contributed by atoms with E-state index in [0.717, 1.165) is 16.2 Å². The summed E-state index contributed by atoms with van der Waals surface area (Å²) in [5, 5.41) is 3.43. The zero-order valence-corrected chi connectivity index (χ0v) is 16.4. The smallest absolute Gasteiger partial charge is 0.264 e. The molecule has 0 radical (unpaired) electrons. The lowest BCUT2D eigenvalue weighted by molar-refractivity contribution is 0.0481. The third kappa shape index (κ3) is 5.72. The van der Waals surface area contributed by atoms with E-state index >= 15 is 0 Å². The topological polar surface area (TPSA) is 58.6 Å². The lowest BCUT2D eigenvalue weighted by Gasteiger charge is -2.21. The number of thiophene rings is 1. The van der Waals surface area contributed by atoms with Gasteiger partial charge in [0.2, 0.25) is 0 Å². The van der Waals surface area contributed by atoms with Crippen LogP contribution in [-0.2, 0) is 4.74 Å². The lowest BCUT2D eigenvalue weighted by atomic mass is 10.2. The van der Waals surface area contributed by atoms with Gasteiger partial charge in [-0.2, -0.15) is 0 Å². The maximum Gasteiger partial charge on any atom is 0.264 e. The van der Waals surface area contributed by atoms with Crippen LogP contribution in [0.15, 0.2) is 30.3 Å². The van der Waals surface area contributed by atoms with Gasteiger partial charge in [0, 0.05) is 13.7 Å². The van der Waals surface area contributed by atoms with E-state index in [9.17, 15) is 18.4 Å². The van der Waals surface area contributed by atoms with Crippen molar-refractivity contribution in [2.45, 2.75) is 13.3 Å². The molecule has 5 nitrogen and oxygen atoms in total. The molecule has 146 valence electrons. The van der Waals surface area contributed by atoms with E-state index in [1.807, 2.05) is 0 Å². The van der Waals surface area contributed by atoms with E-state index in [1.165, 1.54) is 7.11 Å². The highest BCUT2D eigenvalue weighted by Gasteiger charge is 2.23. The Kier molecular flexibility index (Phi) is 7.70. The number of carbonyl (C=O) groups is 2. The summed E-state index contributed by atoms with van der Waals surface area (Å²) in [6, 6.07) is 8.21. The molecule has 1 aromatic carbocycles. The van der Waals surface area contributed by atoms with E-state index < -0.39 is 24.8 Å². The Bertz CT molecular complexity index is 814. The Labute approximate surface area is 164 Å². The van der Waals surface area contributed by atoms with Gasteiger partial charge in [-0.25, -0.2) is 8.78 Å². The first-order valence-electron chi connectivity index (χ1n) is 8.06. The zero-order valence-electron chi connectivity index (χ0n) is 14.8. The molecular formula is C18H19ClF2N2O3S. The van der Waals surface area contributed by atoms with Crippen LogP contribution in [-0.4, -0.2) is 49.9 Å². The lowest BCUT2D eigenvalue weighted by Crippen LogP contribution is -2.37. The van der Waals surface area contributed by atoms with E-state index in [1.54, 1.807) is 37.3 Å². The first kappa shape index (κ1) is 21.3. The number of amides is 2. The molecule has 0 unspecified atom stereocenters. The number of aryl methyl sites for hydroxylation is 1. The number of anilines is 1. The molecule has 1 N–H and O–H groups in total. The second-order valence-corrected chi connectivity index (χ2v) is 7.15. The van der Waals surface area contributed by atoms with Gasteiger partial charge in [-0.3, -0.25) is 9.59 Å². The number of carbonyl (C=O) groups excluding carboxylic acids is 2. The summed E-state index contributed by atoms with van der Waals surface area (Å²) in [4.78, 5) is 26.3. The molecule has 9 heteroatoms. The number of hydrogen-bond acceptors (Lipinski definition) is 4. The summed E-state index contributed by atoms with van der Waals surface area (Å²) >= 11 is 7.04. The van der Waals surface area contributed by atoms with E-state index in [2.05, 4.69) is 5.32 Å². The van der Waals surface area contributed by atoms with Crippen molar-refractivity contribution in [2.75, 3.05) is 32.1 Å². The summed E-state index contributed by atoms with van der Waals surface area (Å²) in [5.74, 6) is -0.933. The van der Waals surface area contributed by atoms with Crippen molar-refractivity contribution in [3.63, 3.8) is 0 Å². The number of nitrogens with one attached hydrogen (secondary N) is 1. The van der Waals surface area contributed by atoms with E-state index in [4.69, 9.17) is 16.3 Å². The van der Waals surface area contributed by atoms with Gasteiger partial charge in [0.1, 0.15) is 0 Å². The van der Waals surface area contributed by atoms with Crippen molar-refractivity contribution in [3.8, 4) is 0 Å². The predicted molar refractivity (Wildman–Crippen MR) is 102 cm³/mol. The molecule has 0 spiro atoms. The summed E-state index contributed by atoms with van der Waals surface area (Å²) in [5.41, 5.74) is 0.897. The number of nitrogens with zero attached hydrogens (tertiary/aromatic N) is 1. The molecule has 0 aliphatic carbocycles. The number of rotatable bonds is 8. The molecule has 0 fully saturated rings. The highest BCUT2D eigenvalue weighted by Crippen LogP contribution is 2.29. The second kappa shape index (κ2) is 9.77. The maximum absolute atomic E-state index is 12.8. The van der Waals surface area contributed by atoms with Gasteiger partial charge in [-0.15, -0.1) is 11.3 Å². The molecule has 1 aromatic heterocycles. The van der Waals surface area contributed by atoms with Crippen molar-refractivity contribution in [1.29, 1.82) is 0 Å². The second-order valence-electron chi connectivity index (χ2n) is 5.69. The van der Waals surface area contributed by atoms with Crippen molar-refractivity contribution in [2.24, 2.45) is 0 Å². The molecule has 0 aliphatic heterocycles. The fraction of sp³-hybridized carbons (Fsp3) is 0.333. The van der Waals surface area contributed by atoms with Crippen molar-refractivity contribution < 1.29 is 23.1 Å². The van der Waals surface area contributed by atoms with Gasteiger partial charge in [0.25, 0.3) is 18.2 Å². The maximum atomic E-state index is 12.8. The summed E-state index contributed by atoms with van der Waals surface area (Å²) < 4.78 is 30.5. The highest BCUT2D eigenvalue weighted by molar-refractivity contribution is 7.18. The van der Waals surface area contributed by atoms with Crippen LogP contribution in [0.4, 0.5) is 13.8 Å².